The lowest BCUT2D eigenvalue weighted by molar-refractivity contribution is 0.00162. The Kier molecular flexibility index (Phi) is 4.17. The number of hydrogen-bond donors (Lipinski definition) is 1. The fourth-order valence-electron chi connectivity index (χ4n) is 5.22. The first kappa shape index (κ1) is 18.3. The summed E-state index contributed by atoms with van der Waals surface area (Å²) in [6.45, 7) is 4.76. The van der Waals surface area contributed by atoms with Crippen molar-refractivity contribution in [1.82, 2.24) is 24.6 Å². The van der Waals surface area contributed by atoms with E-state index in [2.05, 4.69) is 19.9 Å². The summed E-state index contributed by atoms with van der Waals surface area (Å²) in [5.74, 6) is 1.37. The number of nitrogens with one attached hydrogen (secondary N) is 1. The Labute approximate surface area is 164 Å². The highest BCUT2D eigenvalue weighted by Gasteiger charge is 2.62. The van der Waals surface area contributed by atoms with Crippen molar-refractivity contribution in [3.05, 3.63) is 29.9 Å². The number of nitrogens with zero attached hydrogens (tertiary/aromatic N) is 4. The lowest BCUT2D eigenvalue weighted by atomic mass is 9.74. The Morgan fingerprint density at radius 2 is 2.29 bits per heavy atom. The molecular weight excluding hydrogens is 382 g/mol. The van der Waals surface area contributed by atoms with Crippen molar-refractivity contribution in [2.24, 2.45) is 18.9 Å². The average Bonchev–Trinajstić information content (AvgIpc) is 3.41. The van der Waals surface area contributed by atoms with Gasteiger partial charge in [0.1, 0.15) is 4.90 Å². The fraction of sp³-hybridized carbons (Fsp3) is 0.667. The standard InChI is InChI=1S/C18H25N5O4S/c1-12-5-13(27-21-12)8-23-10-16-15(17-3-4-18(16,11-23)26-17)7-20-28(24,25)14-6-19-22(2)9-14/h5-6,9,15-17,20H,3-4,7-8,10-11H2,1-2H3/t15-,16+,17+,18+/m0/s1. The topological polar surface area (TPSA) is 102 Å². The van der Waals surface area contributed by atoms with E-state index in [4.69, 9.17) is 9.26 Å². The highest BCUT2D eigenvalue weighted by atomic mass is 32.2. The number of hydrogen-bond acceptors (Lipinski definition) is 7. The van der Waals surface area contributed by atoms with Crippen LogP contribution in [0, 0.1) is 18.8 Å². The van der Waals surface area contributed by atoms with Crippen LogP contribution in [0.1, 0.15) is 24.3 Å². The summed E-state index contributed by atoms with van der Waals surface area (Å²) in [5, 5.41) is 7.92. The molecule has 0 radical (unpaired) electrons. The Morgan fingerprint density at radius 3 is 3.00 bits per heavy atom. The van der Waals surface area contributed by atoms with Crippen molar-refractivity contribution in [2.75, 3.05) is 19.6 Å². The smallest absolute Gasteiger partial charge is 0.243 e. The van der Waals surface area contributed by atoms with Crippen LogP contribution in [0.3, 0.4) is 0 Å². The van der Waals surface area contributed by atoms with Gasteiger partial charge in [0.05, 0.1) is 30.1 Å². The van der Waals surface area contributed by atoms with Crippen LogP contribution in [0.4, 0.5) is 0 Å². The first-order valence-corrected chi connectivity index (χ1v) is 11.1. The van der Waals surface area contributed by atoms with E-state index >= 15 is 0 Å². The van der Waals surface area contributed by atoms with Gasteiger partial charge in [0.25, 0.3) is 0 Å². The minimum atomic E-state index is -3.56. The number of likely N-dealkylation sites (tertiary alicyclic amines) is 1. The van der Waals surface area contributed by atoms with Gasteiger partial charge in [-0.1, -0.05) is 5.16 Å². The van der Waals surface area contributed by atoms with Gasteiger partial charge in [0.15, 0.2) is 5.76 Å². The second-order valence-electron chi connectivity index (χ2n) is 8.34. The van der Waals surface area contributed by atoms with Crippen molar-refractivity contribution >= 4 is 10.0 Å². The van der Waals surface area contributed by atoms with Crippen LogP contribution >= 0.6 is 0 Å². The van der Waals surface area contributed by atoms with Crippen LogP contribution in [0.2, 0.25) is 0 Å². The molecule has 5 rings (SSSR count). The molecule has 3 saturated heterocycles. The first-order chi connectivity index (χ1) is 13.3. The van der Waals surface area contributed by atoms with Gasteiger partial charge in [0, 0.05) is 50.8 Å². The van der Waals surface area contributed by atoms with Gasteiger partial charge in [-0.15, -0.1) is 0 Å². The molecule has 2 aromatic rings. The molecule has 10 heteroatoms. The third kappa shape index (κ3) is 2.99. The van der Waals surface area contributed by atoms with Gasteiger partial charge in [-0.3, -0.25) is 9.58 Å². The van der Waals surface area contributed by atoms with Crippen LogP contribution in [-0.4, -0.2) is 59.6 Å². The molecule has 0 aromatic carbocycles. The molecular formula is C18H25N5O4S. The highest BCUT2D eigenvalue weighted by molar-refractivity contribution is 7.89. The molecule has 3 aliphatic heterocycles. The second-order valence-corrected chi connectivity index (χ2v) is 10.1. The van der Waals surface area contributed by atoms with E-state index in [0.29, 0.717) is 19.0 Å². The zero-order valence-corrected chi connectivity index (χ0v) is 16.9. The van der Waals surface area contributed by atoms with E-state index in [-0.39, 0.29) is 22.5 Å². The summed E-state index contributed by atoms with van der Waals surface area (Å²) < 4.78 is 41.2. The van der Waals surface area contributed by atoms with Crippen molar-refractivity contribution in [3.8, 4) is 0 Å². The summed E-state index contributed by atoms with van der Waals surface area (Å²) in [6.07, 6.45) is 5.05. The van der Waals surface area contributed by atoms with Crippen LogP contribution < -0.4 is 4.72 Å². The minimum Gasteiger partial charge on any atom is -0.370 e. The SMILES string of the molecule is Cc1cc(CN2C[C@@H]3[C@H](CNS(=O)(=O)c4cnn(C)c4)[C@H]4CC[C@]3(C2)O4)on1. The Balaban J connectivity index is 1.28. The van der Waals surface area contributed by atoms with Crippen molar-refractivity contribution in [2.45, 2.75) is 42.9 Å². The van der Waals surface area contributed by atoms with Crippen LogP contribution in [0.25, 0.3) is 0 Å². The molecule has 9 nitrogen and oxygen atoms in total. The molecule has 2 aromatic heterocycles. The normalized spacial score (nSPS) is 32.3. The number of sulfonamides is 1. The number of rotatable bonds is 6. The van der Waals surface area contributed by atoms with Crippen molar-refractivity contribution in [1.29, 1.82) is 0 Å². The maximum atomic E-state index is 12.6. The average molecular weight is 407 g/mol. The molecule has 28 heavy (non-hydrogen) atoms. The maximum Gasteiger partial charge on any atom is 0.243 e. The molecule has 152 valence electrons. The van der Waals surface area contributed by atoms with E-state index in [1.807, 2.05) is 13.0 Å². The number of aromatic nitrogens is 3. The highest BCUT2D eigenvalue weighted by Crippen LogP contribution is 2.54. The molecule has 0 amide bonds. The predicted molar refractivity (Wildman–Crippen MR) is 98.7 cm³/mol. The summed E-state index contributed by atoms with van der Waals surface area (Å²) in [4.78, 5) is 2.54. The molecule has 0 saturated carbocycles. The maximum absolute atomic E-state index is 12.6. The van der Waals surface area contributed by atoms with Crippen molar-refractivity contribution in [3.63, 3.8) is 0 Å². The monoisotopic (exact) mass is 407 g/mol. The Morgan fingerprint density at radius 1 is 1.43 bits per heavy atom. The van der Waals surface area contributed by atoms with Crippen molar-refractivity contribution < 1.29 is 17.7 Å². The van der Waals surface area contributed by atoms with Gasteiger partial charge in [-0.2, -0.15) is 5.10 Å². The summed E-state index contributed by atoms with van der Waals surface area (Å²) in [6, 6.07) is 1.96. The summed E-state index contributed by atoms with van der Waals surface area (Å²) >= 11 is 0. The van der Waals surface area contributed by atoms with E-state index in [0.717, 1.165) is 37.4 Å². The molecule has 1 N–H and O–H groups in total. The quantitative estimate of drug-likeness (QED) is 0.751. The minimum absolute atomic E-state index is 0.135. The second kappa shape index (κ2) is 6.38. The predicted octanol–water partition coefficient (Wildman–Crippen LogP) is 0.674. The summed E-state index contributed by atoms with van der Waals surface area (Å²) in [5.41, 5.74) is 0.733. The molecule has 3 aliphatic rings. The molecule has 5 heterocycles. The zero-order chi connectivity index (χ0) is 19.5. The molecule has 0 aliphatic carbocycles. The molecule has 3 fully saturated rings. The van der Waals surface area contributed by atoms with E-state index in [1.54, 1.807) is 7.05 Å². The van der Waals surface area contributed by atoms with Gasteiger partial charge in [-0.05, 0) is 19.8 Å². The van der Waals surface area contributed by atoms with Gasteiger partial charge in [-0.25, -0.2) is 13.1 Å². The third-order valence-electron chi connectivity index (χ3n) is 6.41. The lowest BCUT2D eigenvalue weighted by Gasteiger charge is -2.29. The molecule has 1 spiro atoms. The third-order valence-corrected chi connectivity index (χ3v) is 7.79. The van der Waals surface area contributed by atoms with E-state index in [9.17, 15) is 8.42 Å². The van der Waals surface area contributed by atoms with Crippen LogP contribution in [-0.2, 0) is 28.4 Å². The Bertz CT molecular complexity index is 986. The fourth-order valence-corrected chi connectivity index (χ4v) is 6.27. The first-order valence-electron chi connectivity index (χ1n) is 9.65. The zero-order valence-electron chi connectivity index (χ0n) is 16.0. The van der Waals surface area contributed by atoms with Crippen LogP contribution in [0.5, 0.6) is 0 Å². The van der Waals surface area contributed by atoms with Gasteiger partial charge in [0.2, 0.25) is 10.0 Å². The number of fused-ring (bicyclic) bond motifs is 1. The lowest BCUT2D eigenvalue weighted by Crippen LogP contribution is -2.41. The van der Waals surface area contributed by atoms with Gasteiger partial charge < -0.3 is 9.26 Å². The number of aryl methyl sites for hydroxylation is 2. The Hall–Kier alpha value is -1.75. The summed E-state index contributed by atoms with van der Waals surface area (Å²) in [7, 11) is -1.86. The van der Waals surface area contributed by atoms with E-state index in [1.165, 1.54) is 17.1 Å². The van der Waals surface area contributed by atoms with Crippen LogP contribution in [0.15, 0.2) is 27.9 Å². The largest absolute Gasteiger partial charge is 0.370 e. The number of ether oxygens (including phenoxy) is 1. The molecule has 0 unspecified atom stereocenters. The molecule has 4 atom stereocenters. The van der Waals surface area contributed by atoms with Gasteiger partial charge >= 0.3 is 0 Å². The molecule has 2 bridgehead atoms. The van der Waals surface area contributed by atoms with E-state index < -0.39 is 10.0 Å².